The molecule has 2 aromatic rings. The smallest absolute Gasteiger partial charge is 0.318 e. The third kappa shape index (κ3) is 3.66. The van der Waals surface area contributed by atoms with Crippen molar-refractivity contribution in [3.05, 3.63) is 41.1 Å². The number of imidazole rings is 1. The average molecular weight is 356 g/mol. The maximum atomic E-state index is 12.6. The van der Waals surface area contributed by atoms with E-state index in [0.29, 0.717) is 19.0 Å². The van der Waals surface area contributed by atoms with Crippen LogP contribution in [0.25, 0.3) is 0 Å². The summed E-state index contributed by atoms with van der Waals surface area (Å²) in [5, 5.41) is 3.02. The number of aromatic nitrogens is 3. The lowest BCUT2D eigenvalue weighted by Gasteiger charge is -2.27. The molecule has 0 fully saturated rings. The van der Waals surface area contributed by atoms with Crippen molar-refractivity contribution in [3.63, 3.8) is 0 Å². The van der Waals surface area contributed by atoms with Gasteiger partial charge in [-0.3, -0.25) is 0 Å². The van der Waals surface area contributed by atoms with Crippen LogP contribution in [0.3, 0.4) is 0 Å². The van der Waals surface area contributed by atoms with Crippen LogP contribution < -0.4 is 10.2 Å². The van der Waals surface area contributed by atoms with E-state index < -0.39 is 0 Å². The maximum absolute atomic E-state index is 12.6. The van der Waals surface area contributed by atoms with E-state index in [2.05, 4.69) is 35.8 Å². The average Bonchev–Trinajstić information content (AvgIpc) is 2.96. The number of hydrogen-bond acceptors (Lipinski definition) is 4. The summed E-state index contributed by atoms with van der Waals surface area (Å²) in [5.74, 6) is 2.35. The maximum Gasteiger partial charge on any atom is 0.318 e. The van der Waals surface area contributed by atoms with Crippen molar-refractivity contribution in [1.82, 2.24) is 24.8 Å². The van der Waals surface area contributed by atoms with E-state index in [4.69, 9.17) is 4.98 Å². The van der Waals surface area contributed by atoms with Gasteiger partial charge in [-0.15, -0.1) is 0 Å². The number of anilines is 1. The van der Waals surface area contributed by atoms with Gasteiger partial charge in [0.05, 0.1) is 12.2 Å². The number of fused-ring (bicyclic) bond motifs is 1. The molecule has 0 aromatic carbocycles. The molecule has 0 radical (unpaired) electrons. The Labute approximate surface area is 155 Å². The minimum atomic E-state index is -0.0457. The number of rotatable bonds is 4. The summed E-state index contributed by atoms with van der Waals surface area (Å²) in [6, 6.07) is 3.87. The van der Waals surface area contributed by atoms with Crippen LogP contribution in [0.2, 0.25) is 0 Å². The van der Waals surface area contributed by atoms with Crippen LogP contribution in [0.1, 0.15) is 42.5 Å². The molecule has 0 saturated heterocycles. The van der Waals surface area contributed by atoms with Gasteiger partial charge in [0, 0.05) is 58.5 Å². The molecule has 140 valence electrons. The van der Waals surface area contributed by atoms with Crippen LogP contribution in [0.5, 0.6) is 0 Å². The fraction of sp³-hybridized carbons (Fsp3) is 0.526. The zero-order chi connectivity index (χ0) is 18.8. The number of amides is 2. The van der Waals surface area contributed by atoms with Gasteiger partial charge < -0.3 is 19.7 Å². The van der Waals surface area contributed by atoms with E-state index in [1.165, 1.54) is 5.69 Å². The Morgan fingerprint density at radius 3 is 2.85 bits per heavy atom. The Kier molecular flexibility index (Phi) is 5.15. The van der Waals surface area contributed by atoms with Crippen molar-refractivity contribution in [3.8, 4) is 0 Å². The SMILES string of the molecule is CC(C)c1nc2c(n1C)CCN(C(=O)NCc1ccnc(N(C)C)c1)C2. The van der Waals surface area contributed by atoms with Gasteiger partial charge in [0.15, 0.2) is 0 Å². The molecule has 7 heteroatoms. The molecule has 0 saturated carbocycles. The molecule has 1 aliphatic heterocycles. The number of hydrogen-bond donors (Lipinski definition) is 1. The Balaban J connectivity index is 1.63. The third-order valence-electron chi connectivity index (χ3n) is 4.81. The number of nitrogens with one attached hydrogen (secondary N) is 1. The number of urea groups is 1. The molecule has 0 unspecified atom stereocenters. The molecule has 3 rings (SSSR count). The van der Waals surface area contributed by atoms with Crippen LogP contribution in [0, 0.1) is 0 Å². The lowest BCUT2D eigenvalue weighted by molar-refractivity contribution is 0.190. The zero-order valence-corrected chi connectivity index (χ0v) is 16.3. The fourth-order valence-corrected chi connectivity index (χ4v) is 3.34. The molecule has 26 heavy (non-hydrogen) atoms. The largest absolute Gasteiger partial charge is 0.363 e. The van der Waals surface area contributed by atoms with Crippen LogP contribution in [-0.4, -0.2) is 46.1 Å². The monoisotopic (exact) mass is 356 g/mol. The second-order valence-corrected chi connectivity index (χ2v) is 7.32. The Hall–Kier alpha value is -2.57. The normalized spacial score (nSPS) is 13.7. The van der Waals surface area contributed by atoms with Crippen molar-refractivity contribution >= 4 is 11.8 Å². The molecular formula is C19H28N6O. The van der Waals surface area contributed by atoms with Gasteiger partial charge in [0.2, 0.25) is 0 Å². The minimum absolute atomic E-state index is 0.0457. The summed E-state index contributed by atoms with van der Waals surface area (Å²) in [7, 11) is 5.98. The van der Waals surface area contributed by atoms with E-state index >= 15 is 0 Å². The first kappa shape index (κ1) is 18.2. The molecular weight excluding hydrogens is 328 g/mol. The van der Waals surface area contributed by atoms with Gasteiger partial charge in [-0.25, -0.2) is 14.8 Å². The highest BCUT2D eigenvalue weighted by atomic mass is 16.2. The number of pyridine rings is 1. The Morgan fingerprint density at radius 2 is 2.15 bits per heavy atom. The molecule has 0 bridgehead atoms. The predicted octanol–water partition coefficient (Wildman–Crippen LogP) is 2.27. The predicted molar refractivity (Wildman–Crippen MR) is 102 cm³/mol. The van der Waals surface area contributed by atoms with Crippen molar-refractivity contribution in [2.24, 2.45) is 7.05 Å². The van der Waals surface area contributed by atoms with Crippen molar-refractivity contribution in [2.45, 2.75) is 39.3 Å². The summed E-state index contributed by atoms with van der Waals surface area (Å²) < 4.78 is 2.19. The molecule has 7 nitrogen and oxygen atoms in total. The molecule has 0 aliphatic carbocycles. The number of carbonyl (C=O) groups is 1. The first-order chi connectivity index (χ1) is 12.4. The first-order valence-corrected chi connectivity index (χ1v) is 9.06. The second kappa shape index (κ2) is 7.35. The van der Waals surface area contributed by atoms with E-state index in [1.54, 1.807) is 6.20 Å². The van der Waals surface area contributed by atoms with Crippen LogP contribution in [-0.2, 0) is 26.6 Å². The van der Waals surface area contributed by atoms with Crippen LogP contribution in [0.4, 0.5) is 10.6 Å². The third-order valence-corrected chi connectivity index (χ3v) is 4.81. The van der Waals surface area contributed by atoms with Crippen LogP contribution >= 0.6 is 0 Å². The van der Waals surface area contributed by atoms with Gasteiger partial charge in [-0.05, 0) is 17.7 Å². The molecule has 0 spiro atoms. The van der Waals surface area contributed by atoms with Crippen molar-refractivity contribution < 1.29 is 4.79 Å². The highest BCUT2D eigenvalue weighted by Gasteiger charge is 2.26. The molecule has 1 N–H and O–H groups in total. The van der Waals surface area contributed by atoms with E-state index in [9.17, 15) is 4.79 Å². The molecule has 2 amide bonds. The van der Waals surface area contributed by atoms with Crippen molar-refractivity contribution in [2.75, 3.05) is 25.5 Å². The molecule has 0 atom stereocenters. The van der Waals surface area contributed by atoms with Gasteiger partial charge in [0.25, 0.3) is 0 Å². The topological polar surface area (TPSA) is 66.3 Å². The molecule has 1 aliphatic rings. The van der Waals surface area contributed by atoms with Gasteiger partial charge >= 0.3 is 6.03 Å². The van der Waals surface area contributed by atoms with Crippen LogP contribution in [0.15, 0.2) is 18.3 Å². The van der Waals surface area contributed by atoms with E-state index in [-0.39, 0.29) is 6.03 Å². The van der Waals surface area contributed by atoms with Gasteiger partial charge in [-0.2, -0.15) is 0 Å². The summed E-state index contributed by atoms with van der Waals surface area (Å²) >= 11 is 0. The lowest BCUT2D eigenvalue weighted by Crippen LogP contribution is -2.42. The lowest BCUT2D eigenvalue weighted by atomic mass is 10.1. The van der Waals surface area contributed by atoms with Gasteiger partial charge in [-0.1, -0.05) is 13.8 Å². The number of carbonyl (C=O) groups excluding carboxylic acids is 1. The Morgan fingerprint density at radius 1 is 1.38 bits per heavy atom. The Bertz CT molecular complexity index is 795. The highest BCUT2D eigenvalue weighted by molar-refractivity contribution is 5.74. The second-order valence-electron chi connectivity index (χ2n) is 7.32. The van der Waals surface area contributed by atoms with Crippen molar-refractivity contribution in [1.29, 1.82) is 0 Å². The zero-order valence-electron chi connectivity index (χ0n) is 16.3. The highest BCUT2D eigenvalue weighted by Crippen LogP contribution is 2.23. The summed E-state index contributed by atoms with van der Waals surface area (Å²) in [6.45, 7) is 6.07. The summed E-state index contributed by atoms with van der Waals surface area (Å²) in [6.07, 6.45) is 2.62. The molecule has 2 aromatic heterocycles. The minimum Gasteiger partial charge on any atom is -0.363 e. The standard InChI is InChI=1S/C19H28N6O/c1-13(2)18-22-15-12-25(9-7-16(15)24(18)5)19(26)21-11-14-6-8-20-17(10-14)23(3)4/h6,8,10,13H,7,9,11-12H2,1-5H3,(H,21,26). The number of nitrogens with zero attached hydrogens (tertiary/aromatic N) is 5. The molecule has 3 heterocycles. The fourth-order valence-electron chi connectivity index (χ4n) is 3.34. The van der Waals surface area contributed by atoms with E-state index in [1.807, 2.05) is 36.0 Å². The quantitative estimate of drug-likeness (QED) is 0.913. The van der Waals surface area contributed by atoms with Gasteiger partial charge in [0.1, 0.15) is 11.6 Å². The first-order valence-electron chi connectivity index (χ1n) is 9.06. The summed E-state index contributed by atoms with van der Waals surface area (Å²) in [4.78, 5) is 25.4. The summed E-state index contributed by atoms with van der Waals surface area (Å²) in [5.41, 5.74) is 3.31. The van der Waals surface area contributed by atoms with E-state index in [0.717, 1.165) is 35.9 Å².